The number of hydrogen-bond acceptors (Lipinski definition) is 2. The largest absolute Gasteiger partial charge is 0.345 e. The Morgan fingerprint density at radius 3 is 1.35 bits per heavy atom. The van der Waals surface area contributed by atoms with Crippen molar-refractivity contribution in [3.63, 3.8) is 0 Å². The smallest absolute Gasteiger partial charge is 0.246 e. The first kappa shape index (κ1) is 13.0. The van der Waals surface area contributed by atoms with Gasteiger partial charge in [0.1, 0.15) is 0 Å². The molecule has 0 spiro atoms. The van der Waals surface area contributed by atoms with Crippen LogP contribution in [-0.2, 0) is 0 Å². The molecule has 0 atom stereocenters. The maximum absolute atomic E-state index is 12.2. The quantitative estimate of drug-likeness (QED) is 0.816. The number of urea groups is 2. The highest BCUT2D eigenvalue weighted by molar-refractivity contribution is 6.46. The fraction of sp³-hybridized carbons (Fsp3) is 0. The van der Waals surface area contributed by atoms with E-state index < -0.39 is 12.1 Å². The molecular formula is C14H8Cl2N2O2. The Morgan fingerprint density at radius 2 is 1.00 bits per heavy atom. The molecule has 6 heteroatoms. The summed E-state index contributed by atoms with van der Waals surface area (Å²) in [7, 11) is 0. The number of anilines is 2. The molecule has 0 aromatic heterocycles. The number of nitrogens with zero attached hydrogens (tertiary/aromatic N) is 2. The molecule has 2 aromatic rings. The Labute approximate surface area is 125 Å². The molecule has 3 rings (SSSR count). The van der Waals surface area contributed by atoms with Gasteiger partial charge in [-0.1, -0.05) is 47.5 Å². The van der Waals surface area contributed by atoms with Crippen LogP contribution in [0.2, 0.25) is 10.0 Å². The van der Waals surface area contributed by atoms with Crippen LogP contribution in [0.1, 0.15) is 0 Å². The van der Waals surface area contributed by atoms with Gasteiger partial charge in [0.15, 0.2) is 0 Å². The molecule has 1 heterocycles. The molecule has 1 saturated heterocycles. The summed E-state index contributed by atoms with van der Waals surface area (Å²) in [4.78, 5) is 26.4. The lowest BCUT2D eigenvalue weighted by molar-refractivity contribution is 0.226. The highest BCUT2D eigenvalue weighted by Gasteiger charge is 2.47. The first-order valence-electron chi connectivity index (χ1n) is 5.78. The van der Waals surface area contributed by atoms with Crippen molar-refractivity contribution in [1.82, 2.24) is 0 Å². The van der Waals surface area contributed by atoms with Crippen LogP contribution in [-0.4, -0.2) is 12.1 Å². The fourth-order valence-corrected chi connectivity index (χ4v) is 2.44. The van der Waals surface area contributed by atoms with Crippen LogP contribution in [0.5, 0.6) is 0 Å². The van der Waals surface area contributed by atoms with Gasteiger partial charge in [0.2, 0.25) is 0 Å². The summed E-state index contributed by atoms with van der Waals surface area (Å²) in [5.41, 5.74) is 0.736. The Bertz CT molecular complexity index is 644. The minimum Gasteiger partial charge on any atom is -0.246 e. The van der Waals surface area contributed by atoms with Crippen LogP contribution >= 0.6 is 23.2 Å². The summed E-state index contributed by atoms with van der Waals surface area (Å²) >= 11 is 12.0. The number of carbonyl (C=O) groups excluding carboxylic acids is 2. The molecular weight excluding hydrogens is 299 g/mol. The minimum atomic E-state index is -0.476. The van der Waals surface area contributed by atoms with E-state index in [1.807, 2.05) is 0 Å². The van der Waals surface area contributed by atoms with Gasteiger partial charge in [0.05, 0.1) is 21.4 Å². The molecule has 1 aliphatic heterocycles. The number of para-hydroxylation sites is 2. The molecule has 0 aliphatic carbocycles. The maximum Gasteiger partial charge on any atom is 0.345 e. The van der Waals surface area contributed by atoms with Gasteiger partial charge in [0.25, 0.3) is 0 Å². The molecule has 0 unspecified atom stereocenters. The van der Waals surface area contributed by atoms with Gasteiger partial charge in [-0.05, 0) is 24.3 Å². The zero-order chi connectivity index (χ0) is 14.3. The summed E-state index contributed by atoms with van der Waals surface area (Å²) in [5, 5.41) is 0.681. The summed E-state index contributed by atoms with van der Waals surface area (Å²) in [6.45, 7) is 0. The van der Waals surface area contributed by atoms with Crippen molar-refractivity contribution in [2.75, 3.05) is 9.80 Å². The average molecular weight is 307 g/mol. The number of halogens is 2. The number of hydrogen-bond donors (Lipinski definition) is 0. The van der Waals surface area contributed by atoms with Crippen LogP contribution < -0.4 is 9.80 Å². The Kier molecular flexibility index (Phi) is 3.12. The topological polar surface area (TPSA) is 40.6 Å². The van der Waals surface area contributed by atoms with Gasteiger partial charge in [0, 0.05) is 0 Å². The van der Waals surface area contributed by atoms with E-state index >= 15 is 0 Å². The lowest BCUT2D eigenvalue weighted by atomic mass is 10.2. The minimum absolute atomic E-state index is 0.341. The predicted octanol–water partition coefficient (Wildman–Crippen LogP) is 4.56. The van der Waals surface area contributed by atoms with Crippen molar-refractivity contribution < 1.29 is 9.59 Å². The van der Waals surface area contributed by atoms with Gasteiger partial charge < -0.3 is 0 Å². The lowest BCUT2D eigenvalue weighted by Gasteiger charge is -2.39. The molecule has 0 bridgehead atoms. The summed E-state index contributed by atoms with van der Waals surface area (Å²) in [6.07, 6.45) is 0. The first-order chi connectivity index (χ1) is 9.61. The van der Waals surface area contributed by atoms with E-state index in [9.17, 15) is 9.59 Å². The standard InChI is InChI=1S/C14H8Cl2N2O2/c15-9-5-1-3-7-11(9)17-13(19)18(14(17)20)12-8-4-2-6-10(12)16/h1-8H. The fourth-order valence-electron chi connectivity index (χ4n) is 2.00. The molecule has 1 fully saturated rings. The summed E-state index contributed by atoms with van der Waals surface area (Å²) in [5.74, 6) is 0. The predicted molar refractivity (Wildman–Crippen MR) is 78.7 cm³/mol. The van der Waals surface area contributed by atoms with Crippen molar-refractivity contribution in [2.24, 2.45) is 0 Å². The normalized spacial score (nSPS) is 14.5. The third kappa shape index (κ3) is 1.85. The van der Waals surface area contributed by atoms with Crippen LogP contribution in [0.25, 0.3) is 0 Å². The number of rotatable bonds is 2. The van der Waals surface area contributed by atoms with E-state index in [2.05, 4.69) is 0 Å². The summed E-state index contributed by atoms with van der Waals surface area (Å²) < 4.78 is 0. The molecule has 4 amide bonds. The molecule has 0 saturated carbocycles. The van der Waals surface area contributed by atoms with Gasteiger partial charge in [-0.3, -0.25) is 0 Å². The molecule has 2 aromatic carbocycles. The van der Waals surface area contributed by atoms with Crippen LogP contribution in [0, 0.1) is 0 Å². The summed E-state index contributed by atoms with van der Waals surface area (Å²) in [6, 6.07) is 12.4. The van der Waals surface area contributed by atoms with E-state index in [1.165, 1.54) is 0 Å². The van der Waals surface area contributed by atoms with Gasteiger partial charge in [-0.15, -0.1) is 0 Å². The number of amides is 4. The third-order valence-electron chi connectivity index (χ3n) is 2.95. The number of carbonyl (C=O) groups is 2. The lowest BCUT2D eigenvalue weighted by Crippen LogP contribution is -2.65. The van der Waals surface area contributed by atoms with Gasteiger partial charge in [-0.2, -0.15) is 0 Å². The highest BCUT2D eigenvalue weighted by Crippen LogP contribution is 2.36. The zero-order valence-electron chi connectivity index (χ0n) is 10.1. The molecule has 100 valence electrons. The molecule has 0 N–H and O–H groups in total. The van der Waals surface area contributed by atoms with E-state index in [0.29, 0.717) is 21.4 Å². The van der Waals surface area contributed by atoms with Crippen LogP contribution in [0.3, 0.4) is 0 Å². The monoisotopic (exact) mass is 306 g/mol. The van der Waals surface area contributed by atoms with E-state index in [0.717, 1.165) is 9.80 Å². The number of imide groups is 2. The van der Waals surface area contributed by atoms with Crippen LogP contribution in [0.15, 0.2) is 48.5 Å². The Hall–Kier alpha value is -2.04. The van der Waals surface area contributed by atoms with E-state index in [-0.39, 0.29) is 0 Å². The van der Waals surface area contributed by atoms with Crippen molar-refractivity contribution in [1.29, 1.82) is 0 Å². The SMILES string of the molecule is O=C1N(c2ccccc2Cl)C(=O)N1c1ccccc1Cl. The second kappa shape index (κ2) is 4.81. The van der Waals surface area contributed by atoms with Crippen molar-refractivity contribution in [3.05, 3.63) is 58.6 Å². The highest BCUT2D eigenvalue weighted by atomic mass is 35.5. The van der Waals surface area contributed by atoms with E-state index in [4.69, 9.17) is 23.2 Å². The van der Waals surface area contributed by atoms with Crippen molar-refractivity contribution in [2.45, 2.75) is 0 Å². The van der Waals surface area contributed by atoms with E-state index in [1.54, 1.807) is 48.5 Å². The molecule has 20 heavy (non-hydrogen) atoms. The Morgan fingerprint density at radius 1 is 0.650 bits per heavy atom. The second-order valence-corrected chi connectivity index (χ2v) is 4.95. The Balaban J connectivity index is 1.96. The third-order valence-corrected chi connectivity index (χ3v) is 3.59. The van der Waals surface area contributed by atoms with Crippen LogP contribution in [0.4, 0.5) is 21.0 Å². The molecule has 0 radical (unpaired) electrons. The number of benzene rings is 2. The van der Waals surface area contributed by atoms with Gasteiger partial charge in [-0.25, -0.2) is 19.4 Å². The van der Waals surface area contributed by atoms with Crippen molar-refractivity contribution in [3.8, 4) is 0 Å². The zero-order valence-corrected chi connectivity index (χ0v) is 11.6. The molecule has 1 aliphatic rings. The average Bonchev–Trinajstić information content (AvgIpc) is 2.44. The van der Waals surface area contributed by atoms with Gasteiger partial charge >= 0.3 is 12.1 Å². The molecule has 4 nitrogen and oxygen atoms in total. The second-order valence-electron chi connectivity index (χ2n) is 4.14. The van der Waals surface area contributed by atoms with Crippen molar-refractivity contribution >= 4 is 46.6 Å². The maximum atomic E-state index is 12.2. The first-order valence-corrected chi connectivity index (χ1v) is 6.54.